The minimum absolute atomic E-state index is 0.0363. The van der Waals surface area contributed by atoms with Crippen LogP contribution in [-0.2, 0) is 9.59 Å². The molecule has 2 rings (SSSR count). The number of hydrogen-bond acceptors (Lipinski definition) is 4. The summed E-state index contributed by atoms with van der Waals surface area (Å²) >= 11 is 7.43. The lowest BCUT2D eigenvalue weighted by atomic mass is 9.89. The molecule has 5 nitrogen and oxygen atoms in total. The molecule has 0 spiro atoms. The molecule has 2 aliphatic rings. The number of fused-ring (bicyclic) bond motifs is 1. The number of halogens is 1. The molecule has 7 heteroatoms. The third-order valence-corrected chi connectivity index (χ3v) is 4.73. The van der Waals surface area contributed by atoms with Crippen LogP contribution >= 0.6 is 23.4 Å². The van der Waals surface area contributed by atoms with Crippen molar-refractivity contribution in [1.29, 1.82) is 0 Å². The fourth-order valence-corrected chi connectivity index (χ4v) is 3.82. The van der Waals surface area contributed by atoms with E-state index in [0.717, 1.165) is 0 Å². The lowest BCUT2D eigenvalue weighted by molar-refractivity contribution is -0.153. The summed E-state index contributed by atoms with van der Waals surface area (Å²) in [5, 5.41) is 8.78. The lowest BCUT2D eigenvalue weighted by Gasteiger charge is -2.53. The Kier molecular flexibility index (Phi) is 3.92. The van der Waals surface area contributed by atoms with E-state index >= 15 is 0 Å². The molecule has 2 aliphatic heterocycles. The van der Waals surface area contributed by atoms with Gasteiger partial charge in [-0.2, -0.15) is 0 Å². The van der Waals surface area contributed by atoms with E-state index in [1.807, 2.05) is 13.8 Å². The summed E-state index contributed by atoms with van der Waals surface area (Å²) in [5.41, 5.74) is -0.972. The van der Waals surface area contributed by atoms with E-state index in [1.165, 1.54) is 16.7 Å². The number of hydrogen-bond donors (Lipinski definition) is 1. The van der Waals surface area contributed by atoms with Gasteiger partial charge in [0, 0.05) is 12.0 Å². The van der Waals surface area contributed by atoms with Crippen molar-refractivity contribution in [2.45, 2.75) is 24.8 Å². The van der Waals surface area contributed by atoms with Crippen LogP contribution in [0.25, 0.3) is 0 Å². The van der Waals surface area contributed by atoms with Gasteiger partial charge in [-0.15, -0.1) is 23.4 Å². The summed E-state index contributed by atoms with van der Waals surface area (Å²) in [6, 6.07) is 0. The summed E-state index contributed by atoms with van der Waals surface area (Å²) in [7, 11) is 0. The van der Waals surface area contributed by atoms with Crippen molar-refractivity contribution >= 4 is 41.5 Å². The van der Waals surface area contributed by atoms with Gasteiger partial charge >= 0.3 is 5.97 Å². The molecule has 1 N–H and O–H groups in total. The van der Waals surface area contributed by atoms with E-state index in [1.54, 1.807) is 12.3 Å². The minimum Gasteiger partial charge on any atom is -0.477 e. The highest BCUT2D eigenvalue weighted by Crippen LogP contribution is 2.47. The van der Waals surface area contributed by atoms with Gasteiger partial charge in [0.05, 0.1) is 5.88 Å². The van der Waals surface area contributed by atoms with Crippen LogP contribution < -0.4 is 0 Å². The summed E-state index contributed by atoms with van der Waals surface area (Å²) in [6.45, 7) is 3.92. The first-order chi connectivity index (χ1) is 8.94. The maximum atomic E-state index is 12.3. The summed E-state index contributed by atoms with van der Waals surface area (Å²) in [5.74, 6) is -0.591. The van der Waals surface area contributed by atoms with Crippen LogP contribution in [0.5, 0.6) is 0 Å². The standard InChI is InChI=1S/C12H15ClN2O3S/c1-7(2)5-14-12(6-13)10(18)15-8(9(16)17)3-4-19-11(12)15/h3,5,7,11H,4,6H2,1-2H3,(H,16,17)/t11-,12+/m0/s1. The van der Waals surface area contributed by atoms with Gasteiger partial charge in [0.25, 0.3) is 5.91 Å². The Balaban J connectivity index is 2.31. The Morgan fingerprint density at radius 1 is 1.79 bits per heavy atom. The molecule has 0 unspecified atom stereocenters. The number of β-lactam (4-membered cyclic amide) rings is 1. The predicted octanol–water partition coefficient (Wildman–Crippen LogP) is 1.57. The van der Waals surface area contributed by atoms with Crippen LogP contribution in [0, 0.1) is 5.92 Å². The molecule has 1 amide bonds. The summed E-state index contributed by atoms with van der Waals surface area (Å²) in [4.78, 5) is 29.0. The number of aliphatic carboxylic acids is 1. The van der Waals surface area contributed by atoms with Crippen molar-refractivity contribution in [3.63, 3.8) is 0 Å². The van der Waals surface area contributed by atoms with Gasteiger partial charge in [0.2, 0.25) is 0 Å². The fourth-order valence-electron chi connectivity index (χ4n) is 2.08. The molecule has 1 saturated heterocycles. The van der Waals surface area contributed by atoms with Gasteiger partial charge in [-0.3, -0.25) is 14.7 Å². The van der Waals surface area contributed by atoms with Crippen molar-refractivity contribution < 1.29 is 14.7 Å². The largest absolute Gasteiger partial charge is 0.477 e. The van der Waals surface area contributed by atoms with Gasteiger partial charge in [-0.1, -0.05) is 13.8 Å². The van der Waals surface area contributed by atoms with Crippen LogP contribution in [0.4, 0.5) is 0 Å². The second kappa shape index (κ2) is 5.17. The summed E-state index contributed by atoms with van der Waals surface area (Å²) in [6.07, 6.45) is 3.25. The van der Waals surface area contributed by atoms with E-state index in [2.05, 4.69) is 4.99 Å². The molecular formula is C12H15ClN2O3S. The molecule has 0 aliphatic carbocycles. The quantitative estimate of drug-likeness (QED) is 0.486. The van der Waals surface area contributed by atoms with E-state index in [4.69, 9.17) is 16.7 Å². The van der Waals surface area contributed by atoms with E-state index < -0.39 is 11.5 Å². The highest BCUT2D eigenvalue weighted by Gasteiger charge is 2.63. The molecule has 0 saturated carbocycles. The van der Waals surface area contributed by atoms with Gasteiger partial charge in [-0.25, -0.2) is 4.79 Å². The molecule has 1 fully saturated rings. The first-order valence-corrected chi connectivity index (χ1v) is 7.52. The second-order valence-electron chi connectivity index (χ2n) is 4.84. The van der Waals surface area contributed by atoms with Crippen LogP contribution in [0.2, 0.25) is 0 Å². The number of carbonyl (C=O) groups excluding carboxylic acids is 1. The van der Waals surface area contributed by atoms with Crippen LogP contribution in [0.3, 0.4) is 0 Å². The fraction of sp³-hybridized carbons (Fsp3) is 0.583. The number of thioether (sulfide) groups is 1. The third-order valence-electron chi connectivity index (χ3n) is 3.05. The molecule has 104 valence electrons. The van der Waals surface area contributed by atoms with Gasteiger partial charge in [0.1, 0.15) is 11.1 Å². The van der Waals surface area contributed by atoms with Crippen molar-refractivity contribution in [2.24, 2.45) is 10.9 Å². The van der Waals surface area contributed by atoms with E-state index in [9.17, 15) is 9.59 Å². The van der Waals surface area contributed by atoms with Crippen LogP contribution in [-0.4, -0.2) is 50.6 Å². The van der Waals surface area contributed by atoms with Gasteiger partial charge in [0.15, 0.2) is 5.54 Å². The number of nitrogens with zero attached hydrogens (tertiary/aromatic N) is 2. The molecule has 0 radical (unpaired) electrons. The van der Waals surface area contributed by atoms with Crippen LogP contribution in [0.15, 0.2) is 16.8 Å². The number of carbonyl (C=O) groups is 2. The Hall–Kier alpha value is -1.01. The Bertz CT molecular complexity index is 478. The molecule has 19 heavy (non-hydrogen) atoms. The van der Waals surface area contributed by atoms with Crippen LogP contribution in [0.1, 0.15) is 13.8 Å². The van der Waals surface area contributed by atoms with Gasteiger partial charge < -0.3 is 5.11 Å². The Labute approximate surface area is 120 Å². The Morgan fingerprint density at radius 3 is 3.00 bits per heavy atom. The normalized spacial score (nSPS) is 30.3. The first-order valence-electron chi connectivity index (χ1n) is 5.94. The van der Waals surface area contributed by atoms with Crippen molar-refractivity contribution in [3.05, 3.63) is 11.8 Å². The average molecular weight is 303 g/mol. The number of amides is 1. The Morgan fingerprint density at radius 2 is 2.47 bits per heavy atom. The summed E-state index contributed by atoms with van der Waals surface area (Å²) < 4.78 is 0. The molecule has 0 aromatic carbocycles. The zero-order chi connectivity index (χ0) is 14.2. The SMILES string of the molecule is CC(C)C=N[C@]1(CCl)C(=O)N2C(C(=O)O)=CCS[C@H]21. The first kappa shape index (κ1) is 14.4. The number of aliphatic imine (C=N–C) groups is 1. The number of rotatable bonds is 4. The molecule has 2 atom stereocenters. The van der Waals surface area contributed by atoms with Crippen molar-refractivity contribution in [1.82, 2.24) is 4.90 Å². The average Bonchev–Trinajstić information content (AvgIpc) is 2.38. The van der Waals surface area contributed by atoms with E-state index in [-0.39, 0.29) is 28.8 Å². The molecule has 2 heterocycles. The zero-order valence-electron chi connectivity index (χ0n) is 10.7. The maximum Gasteiger partial charge on any atom is 0.352 e. The molecule has 0 aromatic rings. The van der Waals surface area contributed by atoms with Gasteiger partial charge in [-0.05, 0) is 12.0 Å². The molecule has 0 aromatic heterocycles. The minimum atomic E-state index is -1.09. The lowest BCUT2D eigenvalue weighted by Crippen LogP contribution is -2.73. The number of carboxylic acids is 1. The number of alkyl halides is 1. The monoisotopic (exact) mass is 302 g/mol. The topological polar surface area (TPSA) is 70.0 Å². The van der Waals surface area contributed by atoms with Crippen molar-refractivity contribution in [3.8, 4) is 0 Å². The highest BCUT2D eigenvalue weighted by molar-refractivity contribution is 8.00. The predicted molar refractivity (Wildman–Crippen MR) is 75.6 cm³/mol. The molecule has 0 bridgehead atoms. The molecular weight excluding hydrogens is 288 g/mol. The zero-order valence-corrected chi connectivity index (χ0v) is 12.2. The third kappa shape index (κ3) is 2.17. The van der Waals surface area contributed by atoms with E-state index in [0.29, 0.717) is 5.75 Å². The second-order valence-corrected chi connectivity index (χ2v) is 6.22. The number of carboxylic acid groups (broad SMARTS) is 1. The smallest absolute Gasteiger partial charge is 0.352 e. The highest BCUT2D eigenvalue weighted by atomic mass is 35.5. The maximum absolute atomic E-state index is 12.3. The van der Waals surface area contributed by atoms with Crippen molar-refractivity contribution in [2.75, 3.05) is 11.6 Å².